The summed E-state index contributed by atoms with van der Waals surface area (Å²) < 4.78 is 4.39. The van der Waals surface area contributed by atoms with E-state index in [1.165, 1.54) is 0 Å². The van der Waals surface area contributed by atoms with Gasteiger partial charge in [0.25, 0.3) is 0 Å². The zero-order valence-corrected chi connectivity index (χ0v) is 7.10. The number of aliphatic hydroxyl groups excluding tert-OH is 1. The van der Waals surface area contributed by atoms with Crippen LogP contribution >= 0.6 is 0 Å². The Balaban J connectivity index is 3.51. The molecule has 5 nitrogen and oxygen atoms in total. The lowest BCUT2D eigenvalue weighted by atomic mass is 10.2. The number of rotatable bonds is 6. The maximum atomic E-state index is 10.8. The van der Waals surface area contributed by atoms with E-state index in [1.54, 1.807) is 0 Å². The summed E-state index contributed by atoms with van der Waals surface area (Å²) in [6, 6.07) is 0. The summed E-state index contributed by atoms with van der Waals surface area (Å²) in [6.07, 6.45) is -0.138. The first-order valence-corrected chi connectivity index (χ1v) is 3.78. The van der Waals surface area contributed by atoms with Crippen LogP contribution in [-0.4, -0.2) is 28.4 Å². The number of carboxylic acids is 1. The molecular formula is C8H12O5. The molecule has 0 heterocycles. The van der Waals surface area contributed by atoms with E-state index in [0.717, 1.165) is 6.08 Å². The van der Waals surface area contributed by atoms with Gasteiger partial charge in [0.1, 0.15) is 0 Å². The lowest BCUT2D eigenvalue weighted by molar-refractivity contribution is -0.160. The van der Waals surface area contributed by atoms with Gasteiger partial charge in [-0.1, -0.05) is 6.58 Å². The summed E-state index contributed by atoms with van der Waals surface area (Å²) in [5, 5.41) is 17.0. The quantitative estimate of drug-likeness (QED) is 0.355. The van der Waals surface area contributed by atoms with Crippen LogP contribution in [0.15, 0.2) is 12.7 Å². The summed E-state index contributed by atoms with van der Waals surface area (Å²) in [4.78, 5) is 20.8. The fraction of sp³-hybridized carbons (Fsp3) is 0.500. The third-order valence-corrected chi connectivity index (χ3v) is 1.23. The molecule has 74 valence electrons. The maximum absolute atomic E-state index is 10.8. The molecule has 0 bridgehead atoms. The molecule has 0 saturated heterocycles. The van der Waals surface area contributed by atoms with Crippen molar-refractivity contribution in [1.82, 2.24) is 0 Å². The van der Waals surface area contributed by atoms with Gasteiger partial charge >= 0.3 is 11.9 Å². The first kappa shape index (κ1) is 11.6. The Morgan fingerprint density at radius 2 is 2.08 bits per heavy atom. The Morgan fingerprint density at radius 1 is 1.46 bits per heavy atom. The second kappa shape index (κ2) is 6.19. The third-order valence-electron chi connectivity index (χ3n) is 1.23. The Hall–Kier alpha value is -1.36. The van der Waals surface area contributed by atoms with E-state index < -0.39 is 18.2 Å². The number of hydrogen-bond acceptors (Lipinski definition) is 4. The number of carbonyl (C=O) groups excluding carboxylic acids is 1. The molecule has 0 saturated carbocycles. The largest absolute Gasteiger partial charge is 0.481 e. The summed E-state index contributed by atoms with van der Waals surface area (Å²) >= 11 is 0. The van der Waals surface area contributed by atoms with Crippen LogP contribution in [0.25, 0.3) is 0 Å². The van der Waals surface area contributed by atoms with Crippen molar-refractivity contribution in [2.75, 3.05) is 0 Å². The topological polar surface area (TPSA) is 83.8 Å². The number of carbonyl (C=O) groups is 2. The van der Waals surface area contributed by atoms with E-state index in [4.69, 9.17) is 10.2 Å². The van der Waals surface area contributed by atoms with E-state index >= 15 is 0 Å². The lowest BCUT2D eigenvalue weighted by Crippen LogP contribution is -2.14. The summed E-state index contributed by atoms with van der Waals surface area (Å²) in [5.41, 5.74) is 0. The second-order valence-corrected chi connectivity index (χ2v) is 2.36. The molecule has 1 atom stereocenters. The van der Waals surface area contributed by atoms with Crippen molar-refractivity contribution in [3.8, 4) is 0 Å². The molecule has 0 spiro atoms. The molecule has 1 unspecified atom stereocenters. The van der Waals surface area contributed by atoms with Crippen molar-refractivity contribution >= 4 is 11.9 Å². The molecule has 0 fully saturated rings. The van der Waals surface area contributed by atoms with Gasteiger partial charge in [0.15, 0.2) is 0 Å². The van der Waals surface area contributed by atoms with Gasteiger partial charge in [0.2, 0.25) is 6.29 Å². The molecular weight excluding hydrogens is 176 g/mol. The van der Waals surface area contributed by atoms with E-state index in [-0.39, 0.29) is 19.3 Å². The van der Waals surface area contributed by atoms with E-state index in [1.807, 2.05) is 0 Å². The molecule has 0 aliphatic rings. The Morgan fingerprint density at radius 3 is 2.54 bits per heavy atom. The molecule has 0 radical (unpaired) electrons. The van der Waals surface area contributed by atoms with Crippen molar-refractivity contribution in [2.24, 2.45) is 0 Å². The van der Waals surface area contributed by atoms with Gasteiger partial charge in [-0.05, 0) is 12.5 Å². The molecule has 0 aliphatic heterocycles. The molecule has 0 aliphatic carbocycles. The minimum Gasteiger partial charge on any atom is -0.481 e. The smallest absolute Gasteiger partial charge is 0.308 e. The number of ether oxygens (including phenoxy) is 1. The number of carboxylic acid groups (broad SMARTS) is 1. The Bertz CT molecular complexity index is 199. The first-order chi connectivity index (χ1) is 6.06. The normalized spacial score (nSPS) is 11.8. The highest BCUT2D eigenvalue weighted by Crippen LogP contribution is 1.99. The molecule has 0 aromatic heterocycles. The van der Waals surface area contributed by atoms with E-state index in [2.05, 4.69) is 11.3 Å². The molecule has 0 aromatic carbocycles. The molecule has 0 aromatic rings. The summed E-state index contributed by atoms with van der Waals surface area (Å²) in [5.74, 6) is -1.59. The van der Waals surface area contributed by atoms with E-state index in [0.29, 0.717) is 0 Å². The van der Waals surface area contributed by atoms with Crippen molar-refractivity contribution in [2.45, 2.75) is 25.6 Å². The molecule has 0 amide bonds. The molecule has 0 rings (SSSR count). The molecule has 2 N–H and O–H groups in total. The Labute approximate surface area is 75.6 Å². The number of hydrogen-bond donors (Lipinski definition) is 2. The van der Waals surface area contributed by atoms with Gasteiger partial charge in [-0.15, -0.1) is 0 Å². The highest BCUT2D eigenvalue weighted by Gasteiger charge is 2.08. The predicted octanol–water partition coefficient (Wildman–Crippen LogP) is 0.289. The highest BCUT2D eigenvalue weighted by molar-refractivity contribution is 5.71. The zero-order valence-electron chi connectivity index (χ0n) is 7.10. The van der Waals surface area contributed by atoms with Gasteiger partial charge in [-0.25, -0.2) is 0 Å². The SMILES string of the molecule is C=CC(O)OC(=O)CCCC(=O)O. The number of aliphatic hydroxyl groups is 1. The second-order valence-electron chi connectivity index (χ2n) is 2.36. The van der Waals surface area contributed by atoms with Crippen molar-refractivity contribution in [1.29, 1.82) is 0 Å². The van der Waals surface area contributed by atoms with Crippen molar-refractivity contribution in [3.05, 3.63) is 12.7 Å². The van der Waals surface area contributed by atoms with Crippen LogP contribution in [0, 0.1) is 0 Å². The monoisotopic (exact) mass is 188 g/mol. The average molecular weight is 188 g/mol. The number of aliphatic carboxylic acids is 1. The van der Waals surface area contributed by atoms with Crippen LogP contribution in [0.4, 0.5) is 0 Å². The first-order valence-electron chi connectivity index (χ1n) is 3.78. The predicted molar refractivity (Wildman–Crippen MR) is 43.8 cm³/mol. The van der Waals surface area contributed by atoms with Gasteiger partial charge < -0.3 is 14.9 Å². The van der Waals surface area contributed by atoms with Crippen molar-refractivity contribution in [3.63, 3.8) is 0 Å². The van der Waals surface area contributed by atoms with Crippen LogP contribution in [0.1, 0.15) is 19.3 Å². The van der Waals surface area contributed by atoms with Gasteiger partial charge in [0, 0.05) is 12.8 Å². The van der Waals surface area contributed by atoms with Crippen LogP contribution < -0.4 is 0 Å². The number of esters is 1. The minimum absolute atomic E-state index is 0.0167. The van der Waals surface area contributed by atoms with Gasteiger partial charge in [0.05, 0.1) is 0 Å². The Kier molecular flexibility index (Phi) is 5.54. The average Bonchev–Trinajstić information content (AvgIpc) is 2.03. The van der Waals surface area contributed by atoms with Crippen LogP contribution in [0.3, 0.4) is 0 Å². The lowest BCUT2D eigenvalue weighted by Gasteiger charge is -2.06. The zero-order chi connectivity index (χ0) is 10.3. The molecule has 13 heavy (non-hydrogen) atoms. The summed E-state index contributed by atoms with van der Waals surface area (Å²) in [7, 11) is 0. The maximum Gasteiger partial charge on any atom is 0.308 e. The van der Waals surface area contributed by atoms with Crippen LogP contribution in [0.2, 0.25) is 0 Å². The van der Waals surface area contributed by atoms with Crippen LogP contribution in [-0.2, 0) is 14.3 Å². The third kappa shape index (κ3) is 7.02. The summed E-state index contributed by atoms with van der Waals surface area (Å²) in [6.45, 7) is 3.20. The van der Waals surface area contributed by atoms with Crippen LogP contribution in [0.5, 0.6) is 0 Å². The van der Waals surface area contributed by atoms with E-state index in [9.17, 15) is 9.59 Å². The van der Waals surface area contributed by atoms with Crippen molar-refractivity contribution < 1.29 is 24.5 Å². The highest BCUT2D eigenvalue weighted by atomic mass is 16.6. The fourth-order valence-corrected chi connectivity index (χ4v) is 0.626. The standard InChI is InChI=1S/C8H12O5/c1-2-7(11)13-8(12)5-3-4-6(9)10/h2,7,11H,1,3-5H2,(H,9,10). The fourth-order valence-electron chi connectivity index (χ4n) is 0.626. The minimum atomic E-state index is -1.31. The molecule has 5 heteroatoms. The van der Waals surface area contributed by atoms with Gasteiger partial charge in [-0.3, -0.25) is 9.59 Å². The van der Waals surface area contributed by atoms with Gasteiger partial charge in [-0.2, -0.15) is 0 Å².